The minimum atomic E-state index is -2.90. The Morgan fingerprint density at radius 1 is 1.35 bits per heavy atom. The molecule has 0 atom stereocenters. The molecule has 1 aromatic rings. The fraction of sp³-hybridized carbons (Fsp3) is 0.455. The first-order valence-electron chi connectivity index (χ1n) is 5.20. The second-order valence-corrected chi connectivity index (χ2v) is 6.63. The van der Waals surface area contributed by atoms with E-state index in [0.717, 1.165) is 5.56 Å². The molecule has 0 saturated carbocycles. The van der Waals surface area contributed by atoms with Crippen LogP contribution in [0.25, 0.3) is 0 Å². The van der Waals surface area contributed by atoms with Crippen LogP contribution in [0.2, 0.25) is 5.02 Å². The summed E-state index contributed by atoms with van der Waals surface area (Å²) in [6.45, 7) is 1.04. The summed E-state index contributed by atoms with van der Waals surface area (Å²) in [6.07, 6.45) is 1.75. The van der Waals surface area contributed by atoms with Crippen molar-refractivity contribution in [2.75, 3.05) is 18.6 Å². The van der Waals surface area contributed by atoms with Gasteiger partial charge in [0, 0.05) is 17.8 Å². The van der Waals surface area contributed by atoms with E-state index < -0.39 is 9.84 Å². The molecule has 0 fully saturated rings. The minimum absolute atomic E-state index is 0.157. The van der Waals surface area contributed by atoms with Crippen molar-refractivity contribution in [2.45, 2.75) is 13.0 Å². The van der Waals surface area contributed by atoms with E-state index in [2.05, 4.69) is 5.32 Å². The van der Waals surface area contributed by atoms with Crippen LogP contribution in [0.4, 0.5) is 4.39 Å². The molecule has 0 amide bonds. The Balaban J connectivity index is 2.31. The normalized spacial score (nSPS) is 11.7. The summed E-state index contributed by atoms with van der Waals surface area (Å²) in [5, 5.41) is 3.40. The van der Waals surface area contributed by atoms with Gasteiger partial charge in [-0.3, -0.25) is 0 Å². The molecule has 6 heteroatoms. The predicted molar refractivity (Wildman–Crippen MR) is 67.4 cm³/mol. The number of hydrogen-bond acceptors (Lipinski definition) is 3. The maximum absolute atomic E-state index is 13.0. The molecule has 1 N–H and O–H groups in total. The lowest BCUT2D eigenvalue weighted by Crippen LogP contribution is -2.17. The van der Waals surface area contributed by atoms with Gasteiger partial charge in [-0.05, 0) is 36.7 Å². The van der Waals surface area contributed by atoms with Gasteiger partial charge in [0.2, 0.25) is 0 Å². The molecule has 0 aromatic heterocycles. The molecule has 0 aliphatic heterocycles. The summed E-state index contributed by atoms with van der Waals surface area (Å²) in [4.78, 5) is 0. The van der Waals surface area contributed by atoms with Crippen LogP contribution in [0.3, 0.4) is 0 Å². The van der Waals surface area contributed by atoms with Gasteiger partial charge in [-0.25, -0.2) is 12.8 Å². The standard InChI is InChI=1S/C11H15ClFNO2S/c1-17(15,16)4-2-3-14-8-9-5-10(12)7-11(13)6-9/h5-7,14H,2-4,8H2,1H3. The fourth-order valence-corrected chi connectivity index (χ4v) is 2.32. The smallest absolute Gasteiger partial charge is 0.147 e. The van der Waals surface area contributed by atoms with Gasteiger partial charge in [0.25, 0.3) is 0 Å². The van der Waals surface area contributed by atoms with Gasteiger partial charge < -0.3 is 5.32 Å². The maximum Gasteiger partial charge on any atom is 0.147 e. The highest BCUT2D eigenvalue weighted by Crippen LogP contribution is 2.13. The largest absolute Gasteiger partial charge is 0.313 e. The molecule has 0 saturated heterocycles. The first-order chi connectivity index (χ1) is 7.87. The lowest BCUT2D eigenvalue weighted by Gasteiger charge is -2.05. The van der Waals surface area contributed by atoms with Gasteiger partial charge in [0.1, 0.15) is 15.7 Å². The van der Waals surface area contributed by atoms with Crippen LogP contribution in [0, 0.1) is 5.82 Å². The zero-order chi connectivity index (χ0) is 12.9. The van der Waals surface area contributed by atoms with Gasteiger partial charge in [-0.1, -0.05) is 11.6 Å². The summed E-state index contributed by atoms with van der Waals surface area (Å²) in [6, 6.07) is 4.32. The Morgan fingerprint density at radius 2 is 2.06 bits per heavy atom. The SMILES string of the molecule is CS(=O)(=O)CCCNCc1cc(F)cc(Cl)c1. The van der Waals surface area contributed by atoms with E-state index in [1.165, 1.54) is 18.4 Å². The summed E-state index contributed by atoms with van der Waals surface area (Å²) >= 11 is 5.70. The molecule has 1 rings (SSSR count). The highest BCUT2D eigenvalue weighted by Gasteiger charge is 2.02. The number of rotatable bonds is 6. The molecule has 0 unspecified atom stereocenters. The van der Waals surface area contributed by atoms with E-state index in [1.807, 2.05) is 0 Å². The molecular formula is C11H15ClFNO2S. The zero-order valence-corrected chi connectivity index (χ0v) is 11.1. The van der Waals surface area contributed by atoms with Crippen molar-refractivity contribution in [3.8, 4) is 0 Å². The Labute approximate surface area is 106 Å². The van der Waals surface area contributed by atoms with Crippen LogP contribution in [-0.2, 0) is 16.4 Å². The van der Waals surface area contributed by atoms with Crippen molar-refractivity contribution in [2.24, 2.45) is 0 Å². The molecular weight excluding hydrogens is 265 g/mol. The van der Waals surface area contributed by atoms with E-state index in [9.17, 15) is 12.8 Å². The second-order valence-electron chi connectivity index (χ2n) is 3.94. The number of sulfone groups is 1. The fourth-order valence-electron chi connectivity index (χ4n) is 1.41. The second kappa shape index (κ2) is 6.33. The summed E-state index contributed by atoms with van der Waals surface area (Å²) in [5.41, 5.74) is 0.745. The van der Waals surface area contributed by atoms with Gasteiger partial charge in [-0.15, -0.1) is 0 Å². The van der Waals surface area contributed by atoms with Crippen molar-refractivity contribution >= 4 is 21.4 Å². The molecule has 0 aliphatic rings. The Morgan fingerprint density at radius 3 is 2.65 bits per heavy atom. The van der Waals surface area contributed by atoms with Crippen molar-refractivity contribution in [3.63, 3.8) is 0 Å². The first-order valence-corrected chi connectivity index (χ1v) is 7.64. The lowest BCUT2D eigenvalue weighted by molar-refractivity contribution is 0.593. The van der Waals surface area contributed by atoms with Gasteiger partial charge in [0.05, 0.1) is 5.75 Å². The summed E-state index contributed by atoms with van der Waals surface area (Å²) in [5.74, 6) is -0.213. The van der Waals surface area contributed by atoms with Crippen LogP contribution >= 0.6 is 11.6 Å². The average molecular weight is 280 g/mol. The molecule has 1 aromatic carbocycles. The summed E-state index contributed by atoms with van der Waals surface area (Å²) in [7, 11) is -2.90. The quantitative estimate of drug-likeness (QED) is 0.810. The van der Waals surface area contributed by atoms with Crippen molar-refractivity contribution in [3.05, 3.63) is 34.6 Å². The van der Waals surface area contributed by atoms with E-state index in [0.29, 0.717) is 24.5 Å². The molecule has 0 radical (unpaired) electrons. The third-order valence-electron chi connectivity index (χ3n) is 2.12. The molecule has 17 heavy (non-hydrogen) atoms. The number of benzene rings is 1. The third kappa shape index (κ3) is 6.61. The highest BCUT2D eigenvalue weighted by atomic mass is 35.5. The third-order valence-corrected chi connectivity index (χ3v) is 3.37. The van der Waals surface area contributed by atoms with Crippen molar-refractivity contribution in [1.82, 2.24) is 5.32 Å². The average Bonchev–Trinajstić information content (AvgIpc) is 2.13. The van der Waals surface area contributed by atoms with Crippen LogP contribution in [0.1, 0.15) is 12.0 Å². The Hall–Kier alpha value is -0.650. The summed E-state index contributed by atoms with van der Waals surface area (Å²) < 4.78 is 34.7. The molecule has 0 heterocycles. The first kappa shape index (κ1) is 14.4. The monoisotopic (exact) mass is 279 g/mol. The van der Waals surface area contributed by atoms with Gasteiger partial charge in [-0.2, -0.15) is 0 Å². The number of hydrogen-bond donors (Lipinski definition) is 1. The number of nitrogens with one attached hydrogen (secondary N) is 1. The van der Waals surface area contributed by atoms with E-state index in [-0.39, 0.29) is 11.6 Å². The lowest BCUT2D eigenvalue weighted by atomic mass is 10.2. The molecule has 0 spiro atoms. The predicted octanol–water partition coefficient (Wildman–Crippen LogP) is 2.00. The minimum Gasteiger partial charge on any atom is -0.313 e. The van der Waals surface area contributed by atoms with Gasteiger partial charge in [0.15, 0.2) is 0 Å². The highest BCUT2D eigenvalue weighted by molar-refractivity contribution is 7.90. The number of halogens is 2. The Kier molecular flexibility index (Phi) is 5.36. The van der Waals surface area contributed by atoms with Gasteiger partial charge >= 0.3 is 0 Å². The van der Waals surface area contributed by atoms with E-state index in [4.69, 9.17) is 11.6 Å². The molecule has 0 bridgehead atoms. The molecule has 3 nitrogen and oxygen atoms in total. The zero-order valence-electron chi connectivity index (χ0n) is 9.54. The molecule has 96 valence electrons. The maximum atomic E-state index is 13.0. The van der Waals surface area contributed by atoms with Crippen molar-refractivity contribution in [1.29, 1.82) is 0 Å². The van der Waals surface area contributed by atoms with Crippen LogP contribution in [0.5, 0.6) is 0 Å². The van der Waals surface area contributed by atoms with E-state index >= 15 is 0 Å². The van der Waals surface area contributed by atoms with Crippen LogP contribution in [-0.4, -0.2) is 27.0 Å². The Bertz CT molecular complexity index is 456. The van der Waals surface area contributed by atoms with E-state index in [1.54, 1.807) is 6.07 Å². The van der Waals surface area contributed by atoms with Crippen LogP contribution in [0.15, 0.2) is 18.2 Å². The van der Waals surface area contributed by atoms with Crippen molar-refractivity contribution < 1.29 is 12.8 Å². The topological polar surface area (TPSA) is 46.2 Å². The van der Waals surface area contributed by atoms with Crippen LogP contribution < -0.4 is 5.32 Å². The molecule has 0 aliphatic carbocycles.